The summed E-state index contributed by atoms with van der Waals surface area (Å²) in [7, 11) is 0. The molecule has 2 aromatic heterocycles. The molecule has 0 saturated heterocycles. The summed E-state index contributed by atoms with van der Waals surface area (Å²) < 4.78 is 4.97. The van der Waals surface area contributed by atoms with Gasteiger partial charge < -0.3 is 21.1 Å². The Labute approximate surface area is 156 Å². The fraction of sp³-hybridized carbons (Fsp3) is 0.158. The van der Waals surface area contributed by atoms with Gasteiger partial charge in [0.05, 0.1) is 12.2 Å². The van der Waals surface area contributed by atoms with Crippen LogP contribution >= 0.6 is 0 Å². The molecule has 4 N–H and O–H groups in total. The molecule has 0 fully saturated rings. The number of hydrogen-bond acceptors (Lipinski definition) is 8. The molecule has 0 atom stereocenters. The molecule has 27 heavy (non-hydrogen) atoms. The first-order chi connectivity index (χ1) is 13.2. The van der Waals surface area contributed by atoms with Crippen LogP contribution in [0.1, 0.15) is 22.8 Å². The number of aromatic nitrogens is 3. The third-order valence-corrected chi connectivity index (χ3v) is 3.73. The van der Waals surface area contributed by atoms with E-state index in [2.05, 4.69) is 25.6 Å². The number of nitrogens with one attached hydrogen (secondary N) is 2. The zero-order valence-corrected chi connectivity index (χ0v) is 14.8. The molecular weight excluding hydrogens is 344 g/mol. The number of pyridine rings is 1. The standard InChI is InChI=1S/C19H20N6O2/c1-2-27-19(26)14-5-7-15(8-6-14)25-18-16(20)17(23-12-24-18)22-11-13-4-3-9-21-10-13/h3-10,12H,2,11,20H2,1H3,(H2,22,23,24,25). The smallest absolute Gasteiger partial charge is 0.338 e. The molecule has 0 aliphatic carbocycles. The lowest BCUT2D eigenvalue weighted by atomic mass is 10.2. The zero-order valence-electron chi connectivity index (χ0n) is 14.8. The van der Waals surface area contributed by atoms with Crippen LogP contribution in [0.3, 0.4) is 0 Å². The first kappa shape index (κ1) is 18.1. The van der Waals surface area contributed by atoms with Gasteiger partial charge in [0.25, 0.3) is 0 Å². The summed E-state index contributed by atoms with van der Waals surface area (Å²) in [5, 5.41) is 6.30. The number of esters is 1. The van der Waals surface area contributed by atoms with Crippen molar-refractivity contribution in [2.24, 2.45) is 0 Å². The highest BCUT2D eigenvalue weighted by molar-refractivity contribution is 5.90. The molecule has 8 heteroatoms. The van der Waals surface area contributed by atoms with E-state index in [1.54, 1.807) is 43.6 Å². The van der Waals surface area contributed by atoms with Gasteiger partial charge in [-0.3, -0.25) is 4.98 Å². The lowest BCUT2D eigenvalue weighted by Gasteiger charge is -2.12. The number of hydrogen-bond donors (Lipinski definition) is 3. The van der Waals surface area contributed by atoms with Gasteiger partial charge in [-0.1, -0.05) is 6.07 Å². The maximum absolute atomic E-state index is 11.7. The van der Waals surface area contributed by atoms with Crippen LogP contribution < -0.4 is 16.4 Å². The molecule has 0 saturated carbocycles. The SMILES string of the molecule is CCOC(=O)c1ccc(Nc2ncnc(NCc3cccnc3)c2N)cc1. The maximum atomic E-state index is 11.7. The van der Waals surface area contributed by atoms with Crippen molar-refractivity contribution in [3.8, 4) is 0 Å². The average Bonchev–Trinajstić information content (AvgIpc) is 2.70. The maximum Gasteiger partial charge on any atom is 0.338 e. The molecule has 0 amide bonds. The number of benzene rings is 1. The monoisotopic (exact) mass is 364 g/mol. The van der Waals surface area contributed by atoms with Crippen LogP contribution in [0.2, 0.25) is 0 Å². The summed E-state index contributed by atoms with van der Waals surface area (Å²) in [5.74, 6) is 0.648. The predicted molar refractivity (Wildman–Crippen MR) is 104 cm³/mol. The Balaban J connectivity index is 1.69. The molecule has 3 rings (SSSR count). The van der Waals surface area contributed by atoms with Crippen molar-refractivity contribution < 1.29 is 9.53 Å². The van der Waals surface area contributed by atoms with Crippen LogP contribution in [0.15, 0.2) is 55.1 Å². The minimum atomic E-state index is -0.354. The summed E-state index contributed by atoms with van der Waals surface area (Å²) in [4.78, 5) is 24.2. The molecule has 0 unspecified atom stereocenters. The average molecular weight is 364 g/mol. The van der Waals surface area contributed by atoms with Gasteiger partial charge in [-0.15, -0.1) is 0 Å². The molecule has 0 spiro atoms. The van der Waals surface area contributed by atoms with E-state index in [0.29, 0.717) is 36.0 Å². The fourth-order valence-electron chi connectivity index (χ4n) is 2.37. The molecule has 0 bridgehead atoms. The van der Waals surface area contributed by atoms with Crippen molar-refractivity contribution in [1.29, 1.82) is 0 Å². The van der Waals surface area contributed by atoms with Gasteiger partial charge in [-0.05, 0) is 42.8 Å². The van der Waals surface area contributed by atoms with E-state index in [-0.39, 0.29) is 5.97 Å². The van der Waals surface area contributed by atoms with Crippen LogP contribution in [0, 0.1) is 0 Å². The number of anilines is 4. The Morgan fingerprint density at radius 1 is 1.15 bits per heavy atom. The van der Waals surface area contributed by atoms with Crippen LogP contribution in [-0.2, 0) is 11.3 Å². The lowest BCUT2D eigenvalue weighted by Crippen LogP contribution is -2.08. The van der Waals surface area contributed by atoms with E-state index in [4.69, 9.17) is 10.5 Å². The van der Waals surface area contributed by atoms with Crippen molar-refractivity contribution in [3.63, 3.8) is 0 Å². The van der Waals surface area contributed by atoms with Crippen molar-refractivity contribution in [3.05, 3.63) is 66.2 Å². The van der Waals surface area contributed by atoms with E-state index < -0.39 is 0 Å². The Hall–Kier alpha value is -3.68. The minimum Gasteiger partial charge on any atom is -0.462 e. The van der Waals surface area contributed by atoms with E-state index in [9.17, 15) is 4.79 Å². The van der Waals surface area contributed by atoms with Gasteiger partial charge in [0.15, 0.2) is 11.6 Å². The van der Waals surface area contributed by atoms with E-state index in [1.165, 1.54) is 6.33 Å². The van der Waals surface area contributed by atoms with Gasteiger partial charge in [0.1, 0.15) is 12.0 Å². The topological polar surface area (TPSA) is 115 Å². The summed E-state index contributed by atoms with van der Waals surface area (Å²) >= 11 is 0. The highest BCUT2D eigenvalue weighted by Gasteiger charge is 2.10. The third-order valence-electron chi connectivity index (χ3n) is 3.73. The number of carbonyl (C=O) groups is 1. The highest BCUT2D eigenvalue weighted by Crippen LogP contribution is 2.26. The van der Waals surface area contributed by atoms with Crippen LogP contribution in [-0.4, -0.2) is 27.5 Å². The number of nitrogen functional groups attached to an aromatic ring is 1. The van der Waals surface area contributed by atoms with Gasteiger partial charge >= 0.3 is 5.97 Å². The van der Waals surface area contributed by atoms with E-state index in [0.717, 1.165) is 11.3 Å². The second-order valence-corrected chi connectivity index (χ2v) is 5.62. The predicted octanol–water partition coefficient (Wildman–Crippen LogP) is 2.99. The second-order valence-electron chi connectivity index (χ2n) is 5.62. The van der Waals surface area contributed by atoms with Crippen molar-refractivity contribution >= 4 is 29.0 Å². The number of nitrogens with two attached hydrogens (primary N) is 1. The molecule has 0 aliphatic rings. The second kappa shape index (κ2) is 8.61. The first-order valence-electron chi connectivity index (χ1n) is 8.45. The Kier molecular flexibility index (Phi) is 5.78. The van der Waals surface area contributed by atoms with Crippen molar-refractivity contribution in [2.75, 3.05) is 23.0 Å². The highest BCUT2D eigenvalue weighted by atomic mass is 16.5. The minimum absolute atomic E-state index is 0.338. The van der Waals surface area contributed by atoms with Crippen LogP contribution in [0.4, 0.5) is 23.0 Å². The summed E-state index contributed by atoms with van der Waals surface area (Å²) in [6.45, 7) is 2.65. The quantitative estimate of drug-likeness (QED) is 0.548. The molecular formula is C19H20N6O2. The third kappa shape index (κ3) is 4.69. The van der Waals surface area contributed by atoms with Gasteiger partial charge in [-0.25, -0.2) is 14.8 Å². The Bertz CT molecular complexity index is 900. The van der Waals surface area contributed by atoms with Crippen LogP contribution in [0.25, 0.3) is 0 Å². The lowest BCUT2D eigenvalue weighted by molar-refractivity contribution is 0.0526. The first-order valence-corrected chi connectivity index (χ1v) is 8.45. The van der Waals surface area contributed by atoms with Gasteiger partial charge in [-0.2, -0.15) is 0 Å². The van der Waals surface area contributed by atoms with Crippen LogP contribution in [0.5, 0.6) is 0 Å². The molecule has 3 aromatic rings. The van der Waals surface area contributed by atoms with Crippen molar-refractivity contribution in [2.45, 2.75) is 13.5 Å². The van der Waals surface area contributed by atoms with Crippen molar-refractivity contribution in [1.82, 2.24) is 15.0 Å². The van der Waals surface area contributed by atoms with E-state index in [1.807, 2.05) is 12.1 Å². The van der Waals surface area contributed by atoms with Gasteiger partial charge in [0, 0.05) is 24.6 Å². The molecule has 1 aromatic carbocycles. The van der Waals surface area contributed by atoms with Gasteiger partial charge in [0.2, 0.25) is 0 Å². The Morgan fingerprint density at radius 3 is 2.63 bits per heavy atom. The molecule has 8 nitrogen and oxygen atoms in total. The fourth-order valence-corrected chi connectivity index (χ4v) is 2.37. The molecule has 0 aliphatic heterocycles. The number of carbonyl (C=O) groups excluding carboxylic acids is 1. The summed E-state index contributed by atoms with van der Waals surface area (Å²) in [6, 6.07) is 10.7. The number of nitrogens with zero attached hydrogens (tertiary/aromatic N) is 3. The largest absolute Gasteiger partial charge is 0.462 e. The Morgan fingerprint density at radius 2 is 1.93 bits per heavy atom. The molecule has 2 heterocycles. The molecule has 0 radical (unpaired) electrons. The number of ether oxygens (including phenoxy) is 1. The number of rotatable bonds is 7. The van der Waals surface area contributed by atoms with E-state index >= 15 is 0 Å². The summed E-state index contributed by atoms with van der Waals surface area (Å²) in [6.07, 6.45) is 4.92. The zero-order chi connectivity index (χ0) is 19.1. The normalized spacial score (nSPS) is 10.3. The molecule has 138 valence electrons. The summed E-state index contributed by atoms with van der Waals surface area (Å²) in [5.41, 5.74) is 8.81.